The summed E-state index contributed by atoms with van der Waals surface area (Å²) < 4.78 is 10.7. The minimum absolute atomic E-state index is 0.0793. The summed E-state index contributed by atoms with van der Waals surface area (Å²) in [6.45, 7) is 9.22. The Labute approximate surface area is 136 Å². The van der Waals surface area contributed by atoms with Crippen LogP contribution in [0, 0.1) is 0 Å². The molecule has 0 spiro atoms. The number of carbonyl (C=O) groups excluding carboxylic acids is 1. The Morgan fingerprint density at radius 1 is 1.39 bits per heavy atom. The van der Waals surface area contributed by atoms with E-state index in [9.17, 15) is 4.79 Å². The Balaban J connectivity index is 1.51. The van der Waals surface area contributed by atoms with Crippen molar-refractivity contribution in [3.8, 4) is 0 Å². The van der Waals surface area contributed by atoms with E-state index in [0.717, 1.165) is 18.8 Å². The second kappa shape index (κ2) is 6.11. The largest absolute Gasteiger partial charge is 0.444 e. The molecule has 128 valence electrons. The fourth-order valence-corrected chi connectivity index (χ4v) is 2.89. The number of hydrogen-bond acceptors (Lipinski definition) is 6. The van der Waals surface area contributed by atoms with E-state index >= 15 is 0 Å². The Hall–Kier alpha value is -1.63. The molecule has 1 aromatic heterocycles. The molecule has 3 rings (SSSR count). The van der Waals surface area contributed by atoms with Crippen molar-refractivity contribution in [1.29, 1.82) is 0 Å². The van der Waals surface area contributed by atoms with E-state index in [4.69, 9.17) is 9.26 Å². The van der Waals surface area contributed by atoms with Gasteiger partial charge in [0.1, 0.15) is 5.60 Å². The third kappa shape index (κ3) is 4.22. The van der Waals surface area contributed by atoms with E-state index in [1.807, 2.05) is 20.8 Å². The van der Waals surface area contributed by atoms with Crippen molar-refractivity contribution < 1.29 is 14.1 Å². The van der Waals surface area contributed by atoms with Crippen molar-refractivity contribution in [3.63, 3.8) is 0 Å². The second-order valence-corrected chi connectivity index (χ2v) is 7.57. The number of amides is 1. The van der Waals surface area contributed by atoms with Crippen LogP contribution in [-0.2, 0) is 11.3 Å². The number of nitrogens with zero attached hydrogens (tertiary/aromatic N) is 3. The van der Waals surface area contributed by atoms with Crippen LogP contribution in [0.2, 0.25) is 0 Å². The number of nitrogens with one attached hydrogen (secondary N) is 1. The molecule has 0 bridgehead atoms. The molecule has 1 aliphatic heterocycles. The first kappa shape index (κ1) is 16.2. The molecule has 1 amide bonds. The Kier molecular flexibility index (Phi) is 4.31. The van der Waals surface area contributed by atoms with Crippen LogP contribution >= 0.6 is 0 Å². The zero-order valence-corrected chi connectivity index (χ0v) is 14.3. The van der Waals surface area contributed by atoms with Gasteiger partial charge in [-0.2, -0.15) is 4.98 Å². The van der Waals surface area contributed by atoms with Gasteiger partial charge in [0.15, 0.2) is 5.82 Å². The molecule has 1 aromatic rings. The number of aromatic nitrogens is 2. The highest BCUT2D eigenvalue weighted by atomic mass is 16.6. The number of alkyl carbamates (subject to hydrolysis) is 1. The summed E-state index contributed by atoms with van der Waals surface area (Å²) in [6, 6.07) is 0.287. The van der Waals surface area contributed by atoms with Gasteiger partial charge < -0.3 is 14.6 Å². The smallest absolute Gasteiger partial charge is 0.407 e. The van der Waals surface area contributed by atoms with Crippen LogP contribution in [0.25, 0.3) is 0 Å². The molecule has 0 aromatic carbocycles. The molecule has 1 saturated heterocycles. The molecular weight excluding hydrogens is 296 g/mol. The second-order valence-electron chi connectivity index (χ2n) is 7.57. The average molecular weight is 322 g/mol. The van der Waals surface area contributed by atoms with Crippen LogP contribution in [0.4, 0.5) is 4.79 Å². The van der Waals surface area contributed by atoms with Gasteiger partial charge in [0.25, 0.3) is 0 Å². The topological polar surface area (TPSA) is 80.5 Å². The maximum Gasteiger partial charge on any atom is 0.407 e. The van der Waals surface area contributed by atoms with Gasteiger partial charge in [0.2, 0.25) is 5.89 Å². The number of hydrogen-bond donors (Lipinski definition) is 1. The number of ether oxygens (including phenoxy) is 1. The van der Waals surface area contributed by atoms with Gasteiger partial charge in [-0.3, -0.25) is 4.90 Å². The fourth-order valence-electron chi connectivity index (χ4n) is 2.89. The van der Waals surface area contributed by atoms with Crippen molar-refractivity contribution in [2.24, 2.45) is 0 Å². The zero-order chi connectivity index (χ0) is 16.6. The summed E-state index contributed by atoms with van der Waals surface area (Å²) in [7, 11) is 0. The van der Waals surface area contributed by atoms with Crippen molar-refractivity contribution in [1.82, 2.24) is 20.4 Å². The first-order chi connectivity index (χ1) is 10.8. The lowest BCUT2D eigenvalue weighted by molar-refractivity contribution is 0.0493. The molecule has 2 aliphatic rings. The van der Waals surface area contributed by atoms with Crippen LogP contribution in [0.5, 0.6) is 0 Å². The van der Waals surface area contributed by atoms with Crippen LogP contribution < -0.4 is 5.32 Å². The zero-order valence-electron chi connectivity index (χ0n) is 14.3. The van der Waals surface area contributed by atoms with Crippen LogP contribution in [-0.4, -0.2) is 45.4 Å². The Morgan fingerprint density at radius 3 is 2.78 bits per heavy atom. The van der Waals surface area contributed by atoms with Gasteiger partial charge in [-0.1, -0.05) is 5.16 Å². The predicted octanol–water partition coefficient (Wildman–Crippen LogP) is 2.43. The van der Waals surface area contributed by atoms with Crippen LogP contribution in [0.3, 0.4) is 0 Å². The molecule has 2 fully saturated rings. The van der Waals surface area contributed by atoms with E-state index in [2.05, 4.69) is 27.3 Å². The minimum Gasteiger partial charge on any atom is -0.444 e. The lowest BCUT2D eigenvalue weighted by Crippen LogP contribution is -2.45. The van der Waals surface area contributed by atoms with Crippen molar-refractivity contribution in [2.45, 2.75) is 77.1 Å². The fraction of sp³-hybridized carbons (Fsp3) is 0.812. The summed E-state index contributed by atoms with van der Waals surface area (Å²) in [4.78, 5) is 18.6. The standard InChI is InChI=1S/C16H26N4O3/c1-10-12(17-15(21)22-16(2,3)4)7-8-20(10)9-13-18-14(19-23-13)11-5-6-11/h10-12H,5-9H2,1-4H3,(H,17,21)/t10-,12-/m1/s1. The lowest BCUT2D eigenvalue weighted by Gasteiger charge is -2.25. The summed E-state index contributed by atoms with van der Waals surface area (Å²) in [5.41, 5.74) is -0.478. The van der Waals surface area contributed by atoms with E-state index in [-0.39, 0.29) is 18.2 Å². The SMILES string of the molecule is C[C@@H]1[C@H](NC(=O)OC(C)(C)C)CCN1Cc1nc(C2CC2)no1. The molecule has 23 heavy (non-hydrogen) atoms. The molecule has 1 aliphatic carbocycles. The highest BCUT2D eigenvalue weighted by Gasteiger charge is 2.34. The van der Waals surface area contributed by atoms with Gasteiger partial charge >= 0.3 is 6.09 Å². The third-order valence-corrected chi connectivity index (χ3v) is 4.35. The van der Waals surface area contributed by atoms with Crippen molar-refractivity contribution in [2.75, 3.05) is 6.54 Å². The van der Waals surface area contributed by atoms with E-state index in [1.54, 1.807) is 0 Å². The van der Waals surface area contributed by atoms with Crippen molar-refractivity contribution in [3.05, 3.63) is 11.7 Å². The first-order valence-corrected chi connectivity index (χ1v) is 8.38. The normalized spacial score (nSPS) is 25.6. The van der Waals surface area contributed by atoms with Gasteiger partial charge in [-0.25, -0.2) is 4.79 Å². The lowest BCUT2D eigenvalue weighted by atomic mass is 10.1. The van der Waals surface area contributed by atoms with Crippen LogP contribution in [0.1, 0.15) is 64.6 Å². The molecule has 2 atom stereocenters. The molecule has 1 N–H and O–H groups in total. The van der Waals surface area contributed by atoms with Gasteiger partial charge in [-0.05, 0) is 47.0 Å². The van der Waals surface area contributed by atoms with Gasteiger partial charge in [-0.15, -0.1) is 0 Å². The summed E-state index contributed by atoms with van der Waals surface area (Å²) >= 11 is 0. The molecule has 1 saturated carbocycles. The van der Waals surface area contributed by atoms with E-state index in [0.29, 0.717) is 18.4 Å². The molecular formula is C16H26N4O3. The van der Waals surface area contributed by atoms with E-state index in [1.165, 1.54) is 12.8 Å². The highest BCUT2D eigenvalue weighted by Crippen LogP contribution is 2.38. The Bertz CT molecular complexity index is 562. The molecule has 7 nitrogen and oxygen atoms in total. The minimum atomic E-state index is -0.478. The Morgan fingerprint density at radius 2 is 2.13 bits per heavy atom. The quantitative estimate of drug-likeness (QED) is 0.917. The number of rotatable bonds is 4. The molecule has 2 heterocycles. The maximum absolute atomic E-state index is 11.9. The highest BCUT2D eigenvalue weighted by molar-refractivity contribution is 5.68. The third-order valence-electron chi connectivity index (χ3n) is 4.35. The number of likely N-dealkylation sites (tertiary alicyclic amines) is 1. The van der Waals surface area contributed by atoms with Crippen LogP contribution in [0.15, 0.2) is 4.52 Å². The molecule has 0 unspecified atom stereocenters. The summed E-state index contributed by atoms with van der Waals surface area (Å²) in [6.07, 6.45) is 2.87. The predicted molar refractivity (Wildman–Crippen MR) is 83.9 cm³/mol. The summed E-state index contributed by atoms with van der Waals surface area (Å²) in [5, 5.41) is 7.02. The van der Waals surface area contributed by atoms with Crippen molar-refractivity contribution >= 4 is 6.09 Å². The molecule has 7 heteroatoms. The maximum atomic E-state index is 11.9. The van der Waals surface area contributed by atoms with Gasteiger partial charge in [0.05, 0.1) is 6.54 Å². The van der Waals surface area contributed by atoms with Gasteiger partial charge in [0, 0.05) is 24.5 Å². The first-order valence-electron chi connectivity index (χ1n) is 8.38. The molecule has 0 radical (unpaired) electrons. The summed E-state index contributed by atoms with van der Waals surface area (Å²) in [5.74, 6) is 2.01. The average Bonchev–Trinajstić information content (AvgIpc) is 3.10. The number of carbonyl (C=O) groups is 1. The van der Waals surface area contributed by atoms with E-state index < -0.39 is 5.60 Å². The monoisotopic (exact) mass is 322 g/mol.